The highest BCUT2D eigenvalue weighted by Crippen LogP contribution is 2.40. The van der Waals surface area contributed by atoms with Crippen LogP contribution >= 0.6 is 15.9 Å². The molecule has 0 atom stereocenters. The van der Waals surface area contributed by atoms with Gasteiger partial charge in [0.2, 0.25) is 10.9 Å². The van der Waals surface area contributed by atoms with Gasteiger partial charge in [-0.3, -0.25) is 9.59 Å². The maximum atomic E-state index is 12.4. The molecule has 0 fully saturated rings. The van der Waals surface area contributed by atoms with Crippen LogP contribution in [-0.4, -0.2) is 19.8 Å². The molecule has 0 heterocycles. The van der Waals surface area contributed by atoms with E-state index >= 15 is 0 Å². The van der Waals surface area contributed by atoms with E-state index in [-0.39, 0.29) is 0 Å². The third-order valence-corrected chi connectivity index (χ3v) is 5.23. The first-order valence-corrected chi connectivity index (χ1v) is 9.64. The zero-order valence-electron chi connectivity index (χ0n) is 16.3. The van der Waals surface area contributed by atoms with Crippen LogP contribution in [-0.2, 0) is 6.42 Å². The van der Waals surface area contributed by atoms with Crippen LogP contribution in [0.2, 0.25) is 0 Å². The zero-order chi connectivity index (χ0) is 20.5. The molecule has 6 heteroatoms. The second-order valence-electron chi connectivity index (χ2n) is 7.27. The van der Waals surface area contributed by atoms with Crippen molar-refractivity contribution in [3.8, 4) is 22.6 Å². The van der Waals surface area contributed by atoms with Gasteiger partial charge in [0, 0.05) is 17.2 Å². The van der Waals surface area contributed by atoms with Gasteiger partial charge in [-0.25, -0.2) is 0 Å². The second-order valence-corrected chi connectivity index (χ2v) is 8.12. The summed E-state index contributed by atoms with van der Waals surface area (Å²) in [5.74, 6) is 1.05. The van der Waals surface area contributed by atoms with Gasteiger partial charge in [0.1, 0.15) is 11.5 Å². The molecule has 0 saturated heterocycles. The van der Waals surface area contributed by atoms with Crippen LogP contribution in [0.1, 0.15) is 19.4 Å². The van der Waals surface area contributed by atoms with Gasteiger partial charge in [-0.15, -0.1) is 0 Å². The molecule has 28 heavy (non-hydrogen) atoms. The third kappa shape index (κ3) is 3.83. The van der Waals surface area contributed by atoms with Crippen LogP contribution in [0.5, 0.6) is 11.5 Å². The standard InChI is InChI=1S/C22H22BrNO4/c1-22(2,12-13-8-6-5-7-9-13)24-19-18(20(25)21(19)26)14-10-15(23)17(28-4)11-16(14)27-3/h5-11,24H,12H2,1-4H3. The Labute approximate surface area is 172 Å². The van der Waals surface area contributed by atoms with Crippen molar-refractivity contribution in [2.75, 3.05) is 19.5 Å². The summed E-state index contributed by atoms with van der Waals surface area (Å²) in [6.45, 7) is 4.00. The van der Waals surface area contributed by atoms with Gasteiger partial charge in [-0.05, 0) is 47.8 Å². The Morgan fingerprint density at radius 2 is 1.61 bits per heavy atom. The highest BCUT2D eigenvalue weighted by atomic mass is 79.9. The third-order valence-electron chi connectivity index (χ3n) is 4.61. The number of hydrogen-bond acceptors (Lipinski definition) is 5. The predicted octanol–water partition coefficient (Wildman–Crippen LogP) is 4.16. The van der Waals surface area contributed by atoms with Crippen molar-refractivity contribution in [2.24, 2.45) is 0 Å². The van der Waals surface area contributed by atoms with Gasteiger partial charge >= 0.3 is 0 Å². The van der Waals surface area contributed by atoms with Crippen molar-refractivity contribution < 1.29 is 9.47 Å². The lowest BCUT2D eigenvalue weighted by Gasteiger charge is -2.29. The lowest BCUT2D eigenvalue weighted by molar-refractivity contribution is 0.393. The van der Waals surface area contributed by atoms with Gasteiger partial charge < -0.3 is 14.8 Å². The molecular formula is C22H22BrNO4. The summed E-state index contributed by atoms with van der Waals surface area (Å²) < 4.78 is 11.4. The van der Waals surface area contributed by atoms with Crippen molar-refractivity contribution in [3.63, 3.8) is 0 Å². The minimum atomic E-state index is -0.520. The molecule has 5 nitrogen and oxygen atoms in total. The van der Waals surface area contributed by atoms with E-state index in [1.165, 1.54) is 7.11 Å². The fourth-order valence-corrected chi connectivity index (χ4v) is 3.82. The number of hydrogen-bond donors (Lipinski definition) is 1. The van der Waals surface area contributed by atoms with Crippen molar-refractivity contribution in [2.45, 2.75) is 25.8 Å². The lowest BCUT2D eigenvalue weighted by atomic mass is 9.91. The van der Waals surface area contributed by atoms with E-state index in [2.05, 4.69) is 21.2 Å². The Hall–Kier alpha value is -2.60. The molecule has 0 saturated carbocycles. The number of benzene rings is 2. The summed E-state index contributed by atoms with van der Waals surface area (Å²) in [5, 5.41) is 3.28. The number of ether oxygens (including phenoxy) is 2. The Morgan fingerprint density at radius 1 is 0.964 bits per heavy atom. The molecule has 0 aliphatic carbocycles. The number of rotatable bonds is 7. The largest absolute Gasteiger partial charge is 0.496 e. The Morgan fingerprint density at radius 3 is 2.21 bits per heavy atom. The molecule has 3 rings (SSSR count). The van der Waals surface area contributed by atoms with Crippen LogP contribution in [0, 0.1) is 0 Å². The van der Waals surface area contributed by atoms with E-state index in [0.717, 1.165) is 5.56 Å². The highest BCUT2D eigenvalue weighted by molar-refractivity contribution is 9.10. The zero-order valence-corrected chi connectivity index (χ0v) is 17.8. The van der Waals surface area contributed by atoms with Gasteiger partial charge in [0.05, 0.1) is 29.9 Å². The Kier molecular flexibility index (Phi) is 5.61. The number of halogens is 1. The molecular weight excluding hydrogens is 422 g/mol. The quantitative estimate of drug-likeness (QED) is 0.555. The topological polar surface area (TPSA) is 64.6 Å². The first kappa shape index (κ1) is 20.1. The molecule has 0 amide bonds. The maximum Gasteiger partial charge on any atom is 0.250 e. The summed E-state index contributed by atoms with van der Waals surface area (Å²) in [6.07, 6.45) is 0.704. The van der Waals surface area contributed by atoms with E-state index in [1.54, 1.807) is 19.2 Å². The molecule has 0 aliphatic heterocycles. The molecule has 0 spiro atoms. The van der Waals surface area contributed by atoms with Crippen LogP contribution in [0.25, 0.3) is 11.1 Å². The summed E-state index contributed by atoms with van der Waals surface area (Å²) in [4.78, 5) is 24.7. The smallest absolute Gasteiger partial charge is 0.250 e. The maximum absolute atomic E-state index is 12.4. The van der Waals surface area contributed by atoms with Crippen LogP contribution in [0.3, 0.4) is 0 Å². The number of anilines is 1. The van der Waals surface area contributed by atoms with Crippen LogP contribution in [0.15, 0.2) is 56.5 Å². The van der Waals surface area contributed by atoms with Gasteiger partial charge in [-0.2, -0.15) is 0 Å². The number of methoxy groups -OCH3 is 2. The van der Waals surface area contributed by atoms with Crippen molar-refractivity contribution >= 4 is 21.6 Å². The van der Waals surface area contributed by atoms with Gasteiger partial charge in [0.15, 0.2) is 0 Å². The summed E-state index contributed by atoms with van der Waals surface area (Å²) >= 11 is 3.43. The summed E-state index contributed by atoms with van der Waals surface area (Å²) in [6, 6.07) is 13.4. The van der Waals surface area contributed by atoms with Crippen molar-refractivity contribution in [1.29, 1.82) is 0 Å². The Balaban J connectivity index is 1.99. The van der Waals surface area contributed by atoms with Crippen molar-refractivity contribution in [1.82, 2.24) is 0 Å². The molecule has 3 aromatic rings. The molecule has 0 aromatic heterocycles. The number of nitrogens with one attached hydrogen (secondary N) is 1. The van der Waals surface area contributed by atoms with Crippen molar-refractivity contribution in [3.05, 3.63) is 72.9 Å². The molecule has 0 aliphatic rings. The second kappa shape index (κ2) is 7.80. The average molecular weight is 444 g/mol. The predicted molar refractivity (Wildman–Crippen MR) is 115 cm³/mol. The fraction of sp³-hybridized carbons (Fsp3) is 0.273. The van der Waals surface area contributed by atoms with E-state index in [9.17, 15) is 9.59 Å². The molecule has 0 radical (unpaired) electrons. The van der Waals surface area contributed by atoms with E-state index in [4.69, 9.17) is 9.47 Å². The van der Waals surface area contributed by atoms with Gasteiger partial charge in [-0.1, -0.05) is 30.3 Å². The molecule has 0 bridgehead atoms. The average Bonchev–Trinajstić information content (AvgIpc) is 2.67. The molecule has 3 aromatic carbocycles. The normalized spacial score (nSPS) is 11.5. The van der Waals surface area contributed by atoms with Gasteiger partial charge in [0.25, 0.3) is 0 Å². The fourth-order valence-electron chi connectivity index (χ4n) is 3.31. The monoisotopic (exact) mass is 443 g/mol. The lowest BCUT2D eigenvalue weighted by Crippen LogP contribution is -2.43. The molecule has 146 valence electrons. The highest BCUT2D eigenvalue weighted by Gasteiger charge is 2.30. The van der Waals surface area contributed by atoms with Crippen LogP contribution in [0.4, 0.5) is 5.69 Å². The molecule has 1 N–H and O–H groups in total. The van der Waals surface area contributed by atoms with E-state index < -0.39 is 16.4 Å². The Bertz CT molecular complexity index is 1070. The summed E-state index contributed by atoms with van der Waals surface area (Å²) in [5.41, 5.74) is 0.906. The van der Waals surface area contributed by atoms with Crippen LogP contribution < -0.4 is 25.6 Å². The van der Waals surface area contributed by atoms with E-state index in [0.29, 0.717) is 39.2 Å². The first-order valence-electron chi connectivity index (χ1n) is 8.84. The SMILES string of the molecule is COc1cc(OC)c(-c2c(NC(C)(C)Cc3ccccc3)c(=O)c2=O)cc1Br. The first-order chi connectivity index (χ1) is 13.3. The van der Waals surface area contributed by atoms with E-state index in [1.807, 2.05) is 44.2 Å². The minimum Gasteiger partial charge on any atom is -0.496 e. The molecule has 0 unspecified atom stereocenters. The minimum absolute atomic E-state index is 0.321. The summed E-state index contributed by atoms with van der Waals surface area (Å²) in [7, 11) is 3.07.